The molecule has 140 valence electrons. The number of carbonyl (C=O) groups is 2. The van der Waals surface area contributed by atoms with Crippen molar-refractivity contribution in [2.75, 3.05) is 5.32 Å². The molecule has 3 rings (SSSR count). The van der Waals surface area contributed by atoms with Crippen LogP contribution in [-0.2, 0) is 27.2 Å². The van der Waals surface area contributed by atoms with Crippen molar-refractivity contribution >= 4 is 28.2 Å². The van der Waals surface area contributed by atoms with Crippen LogP contribution >= 0.6 is 11.3 Å². The van der Waals surface area contributed by atoms with E-state index >= 15 is 0 Å². The van der Waals surface area contributed by atoms with Gasteiger partial charge in [-0.2, -0.15) is 5.26 Å². The normalized spacial score (nSPS) is 18.5. The maximum absolute atomic E-state index is 12.4. The second kappa shape index (κ2) is 8.68. The first kappa shape index (κ1) is 18.9. The molecule has 0 saturated heterocycles. The molecule has 2 aliphatic rings. The maximum atomic E-state index is 12.4. The van der Waals surface area contributed by atoms with Gasteiger partial charge in [0, 0.05) is 11.3 Å². The lowest BCUT2D eigenvalue weighted by atomic mass is 10.0. The minimum absolute atomic E-state index is 0.304. The van der Waals surface area contributed by atoms with E-state index in [-0.39, 0.29) is 11.9 Å². The number of rotatable bonds is 5. The molecule has 1 heterocycles. The molecule has 0 radical (unpaired) electrons. The van der Waals surface area contributed by atoms with E-state index in [2.05, 4.69) is 11.4 Å². The molecular formula is C20H26N2O3S. The second-order valence-electron chi connectivity index (χ2n) is 7.36. The van der Waals surface area contributed by atoms with Gasteiger partial charge < -0.3 is 10.1 Å². The third-order valence-electron chi connectivity index (χ3n) is 5.38. The summed E-state index contributed by atoms with van der Waals surface area (Å²) >= 11 is 1.50. The van der Waals surface area contributed by atoms with Crippen molar-refractivity contribution in [3.05, 3.63) is 16.0 Å². The van der Waals surface area contributed by atoms with Gasteiger partial charge >= 0.3 is 5.97 Å². The fourth-order valence-electron chi connectivity index (χ4n) is 3.91. The lowest BCUT2D eigenvalue weighted by Gasteiger charge is -2.14. The molecule has 5 nitrogen and oxygen atoms in total. The van der Waals surface area contributed by atoms with Gasteiger partial charge in [-0.1, -0.05) is 19.3 Å². The molecule has 0 aromatic carbocycles. The molecule has 0 spiro atoms. The van der Waals surface area contributed by atoms with E-state index in [1.54, 1.807) is 6.92 Å². The number of aryl methyl sites for hydroxylation is 1. The molecule has 1 fully saturated rings. The van der Waals surface area contributed by atoms with Crippen LogP contribution in [0.1, 0.15) is 74.3 Å². The van der Waals surface area contributed by atoms with Crippen molar-refractivity contribution in [1.29, 1.82) is 5.26 Å². The van der Waals surface area contributed by atoms with Crippen LogP contribution in [0.25, 0.3) is 0 Å². The van der Waals surface area contributed by atoms with Crippen LogP contribution in [0.5, 0.6) is 0 Å². The number of nitrogens with one attached hydrogen (secondary N) is 1. The predicted molar refractivity (Wildman–Crippen MR) is 101 cm³/mol. The zero-order chi connectivity index (χ0) is 18.5. The van der Waals surface area contributed by atoms with Crippen LogP contribution in [0.4, 0.5) is 5.00 Å². The van der Waals surface area contributed by atoms with E-state index in [1.807, 2.05) is 0 Å². The summed E-state index contributed by atoms with van der Waals surface area (Å²) in [5, 5.41) is 12.9. The van der Waals surface area contributed by atoms with Gasteiger partial charge in [-0.25, -0.2) is 0 Å². The molecule has 1 aromatic rings. The third kappa shape index (κ3) is 4.45. The van der Waals surface area contributed by atoms with E-state index in [0.29, 0.717) is 22.9 Å². The highest BCUT2D eigenvalue weighted by Gasteiger charge is 2.25. The van der Waals surface area contributed by atoms with Crippen molar-refractivity contribution < 1.29 is 14.3 Å². The van der Waals surface area contributed by atoms with Gasteiger partial charge in [-0.05, 0) is 56.9 Å². The van der Waals surface area contributed by atoms with Gasteiger partial charge in [-0.3, -0.25) is 9.59 Å². The van der Waals surface area contributed by atoms with Gasteiger partial charge in [0.05, 0.1) is 5.56 Å². The van der Waals surface area contributed by atoms with Crippen molar-refractivity contribution in [3.8, 4) is 6.07 Å². The number of amides is 1. The van der Waals surface area contributed by atoms with Crippen molar-refractivity contribution in [2.45, 2.75) is 77.2 Å². The smallest absolute Gasteiger partial charge is 0.306 e. The number of esters is 1. The zero-order valence-corrected chi connectivity index (χ0v) is 16.1. The quantitative estimate of drug-likeness (QED) is 0.614. The molecule has 26 heavy (non-hydrogen) atoms. The summed E-state index contributed by atoms with van der Waals surface area (Å²) < 4.78 is 5.31. The summed E-state index contributed by atoms with van der Waals surface area (Å²) in [4.78, 5) is 25.7. The number of anilines is 1. The van der Waals surface area contributed by atoms with Gasteiger partial charge in [-0.15, -0.1) is 11.3 Å². The molecule has 1 unspecified atom stereocenters. The summed E-state index contributed by atoms with van der Waals surface area (Å²) in [7, 11) is 0. The van der Waals surface area contributed by atoms with Crippen LogP contribution in [-0.4, -0.2) is 18.0 Å². The van der Waals surface area contributed by atoms with Crippen LogP contribution in [0.15, 0.2) is 0 Å². The Morgan fingerprint density at radius 2 is 1.96 bits per heavy atom. The number of nitrogens with zero attached hydrogens (tertiary/aromatic N) is 1. The van der Waals surface area contributed by atoms with E-state index in [1.165, 1.54) is 35.5 Å². The van der Waals surface area contributed by atoms with Gasteiger partial charge in [0.25, 0.3) is 5.91 Å². The van der Waals surface area contributed by atoms with Gasteiger partial charge in [0.1, 0.15) is 11.1 Å². The Morgan fingerprint density at radius 1 is 1.23 bits per heavy atom. The average molecular weight is 375 g/mol. The Hall–Kier alpha value is -1.87. The molecule has 2 aliphatic carbocycles. The monoisotopic (exact) mass is 374 g/mol. The summed E-state index contributed by atoms with van der Waals surface area (Å²) in [6, 6.07) is 2.25. The molecule has 1 saturated carbocycles. The first-order valence-corrected chi connectivity index (χ1v) is 10.4. The van der Waals surface area contributed by atoms with Crippen LogP contribution in [0.2, 0.25) is 0 Å². The Kier molecular flexibility index (Phi) is 6.31. The third-order valence-corrected chi connectivity index (χ3v) is 6.58. The molecule has 1 aromatic heterocycles. The summed E-state index contributed by atoms with van der Waals surface area (Å²) in [5.74, 6) is -0.268. The molecule has 1 atom stereocenters. The number of ether oxygens (including phenoxy) is 1. The topological polar surface area (TPSA) is 79.2 Å². The SMILES string of the molecule is CC(OC(=O)CC1CCCC1)C(=O)Nc1sc2c(c1C#N)CCCCC2. The minimum Gasteiger partial charge on any atom is -0.453 e. The lowest BCUT2D eigenvalue weighted by Crippen LogP contribution is -2.30. The fourth-order valence-corrected chi connectivity index (χ4v) is 5.15. The summed E-state index contributed by atoms with van der Waals surface area (Å²) in [5.41, 5.74) is 1.68. The molecular weight excluding hydrogens is 348 g/mol. The van der Waals surface area contributed by atoms with E-state index in [0.717, 1.165) is 44.1 Å². The van der Waals surface area contributed by atoms with E-state index in [4.69, 9.17) is 4.74 Å². The number of fused-ring (bicyclic) bond motifs is 1. The van der Waals surface area contributed by atoms with Crippen molar-refractivity contribution in [1.82, 2.24) is 0 Å². The molecule has 1 amide bonds. The minimum atomic E-state index is -0.850. The number of thiophene rings is 1. The van der Waals surface area contributed by atoms with Crippen molar-refractivity contribution in [2.24, 2.45) is 5.92 Å². The molecule has 1 N–H and O–H groups in total. The Bertz CT molecular complexity index is 713. The number of nitriles is 1. The highest BCUT2D eigenvalue weighted by atomic mass is 32.1. The fraction of sp³-hybridized carbons (Fsp3) is 0.650. The molecule has 0 bridgehead atoms. The largest absolute Gasteiger partial charge is 0.453 e. The summed E-state index contributed by atoms with van der Waals surface area (Å²) in [6.45, 7) is 1.59. The second-order valence-corrected chi connectivity index (χ2v) is 8.46. The standard InChI is InChI=1S/C20H26N2O3S/c1-13(25-18(23)11-14-7-5-6-8-14)19(24)22-20-16(12-21)15-9-3-2-4-10-17(15)26-20/h13-14H,2-11H2,1H3,(H,22,24). The first-order chi connectivity index (χ1) is 12.6. The Labute approximate surface area is 158 Å². The molecule has 6 heteroatoms. The number of carbonyl (C=O) groups excluding carboxylic acids is 2. The van der Waals surface area contributed by atoms with Crippen LogP contribution < -0.4 is 5.32 Å². The Morgan fingerprint density at radius 3 is 2.69 bits per heavy atom. The molecule has 0 aliphatic heterocycles. The number of hydrogen-bond acceptors (Lipinski definition) is 5. The average Bonchev–Trinajstić information content (AvgIpc) is 3.16. The lowest BCUT2D eigenvalue weighted by molar-refractivity contribution is -0.154. The van der Waals surface area contributed by atoms with E-state index in [9.17, 15) is 14.9 Å². The van der Waals surface area contributed by atoms with Crippen LogP contribution in [0.3, 0.4) is 0 Å². The maximum Gasteiger partial charge on any atom is 0.306 e. The van der Waals surface area contributed by atoms with Crippen molar-refractivity contribution in [3.63, 3.8) is 0 Å². The van der Waals surface area contributed by atoms with Gasteiger partial charge in [0.15, 0.2) is 6.10 Å². The number of hydrogen-bond donors (Lipinski definition) is 1. The highest BCUT2D eigenvalue weighted by molar-refractivity contribution is 7.16. The van der Waals surface area contributed by atoms with Gasteiger partial charge in [0.2, 0.25) is 0 Å². The van der Waals surface area contributed by atoms with E-state index < -0.39 is 6.10 Å². The summed E-state index contributed by atoms with van der Waals surface area (Å²) in [6.07, 6.45) is 9.30. The first-order valence-electron chi connectivity index (χ1n) is 9.63. The van der Waals surface area contributed by atoms with Crippen LogP contribution in [0, 0.1) is 17.2 Å². The Balaban J connectivity index is 1.60. The predicted octanol–water partition coefficient (Wildman–Crippen LogP) is 4.34. The highest BCUT2D eigenvalue weighted by Crippen LogP contribution is 2.37. The zero-order valence-electron chi connectivity index (χ0n) is 15.3.